The predicted octanol–water partition coefficient (Wildman–Crippen LogP) is 2.58. The molecule has 9 nitrogen and oxygen atoms in total. The number of hydrogen-bond donors (Lipinski definition) is 2. The largest absolute Gasteiger partial charge is 0.475 e. The van der Waals surface area contributed by atoms with Crippen molar-refractivity contribution in [2.75, 3.05) is 25.6 Å². The average molecular weight is 419 g/mol. The summed E-state index contributed by atoms with van der Waals surface area (Å²) in [6.07, 6.45) is 1.41. The number of para-hydroxylation sites is 1. The number of hydrogen-bond acceptors (Lipinski definition) is 6. The summed E-state index contributed by atoms with van der Waals surface area (Å²) < 4.78 is 11.8. The molecule has 3 aromatic rings. The van der Waals surface area contributed by atoms with Gasteiger partial charge in [0.15, 0.2) is 0 Å². The molecule has 0 unspecified atom stereocenters. The van der Waals surface area contributed by atoms with Crippen molar-refractivity contribution in [3.05, 3.63) is 52.9 Å². The number of amides is 1. The highest BCUT2D eigenvalue weighted by atomic mass is 35.5. The number of carboxylic acid groups (broad SMARTS) is 1. The van der Waals surface area contributed by atoms with E-state index in [0.717, 1.165) is 5.56 Å². The molecule has 2 aromatic heterocycles. The van der Waals surface area contributed by atoms with E-state index < -0.39 is 11.9 Å². The summed E-state index contributed by atoms with van der Waals surface area (Å²) in [5.41, 5.74) is 1.72. The number of aromatic carboxylic acids is 1. The zero-order chi connectivity index (χ0) is 20.8. The van der Waals surface area contributed by atoms with Gasteiger partial charge in [0, 0.05) is 18.9 Å². The maximum atomic E-state index is 12.4. The summed E-state index contributed by atoms with van der Waals surface area (Å²) in [5, 5.41) is 12.6. The minimum Gasteiger partial charge on any atom is -0.475 e. The van der Waals surface area contributed by atoms with Gasteiger partial charge < -0.3 is 24.5 Å². The first kappa shape index (κ1) is 20.7. The highest BCUT2D eigenvalue weighted by Crippen LogP contribution is 2.21. The Labute approximate surface area is 171 Å². The van der Waals surface area contributed by atoms with Crippen LogP contribution in [-0.4, -0.2) is 51.8 Å². The number of carbonyl (C=O) groups is 2. The molecular formula is C19H19ClN4O5. The van der Waals surface area contributed by atoms with E-state index in [9.17, 15) is 14.7 Å². The van der Waals surface area contributed by atoms with Crippen LogP contribution in [0.15, 0.2) is 36.5 Å². The number of rotatable bonds is 9. The molecule has 1 amide bonds. The number of ether oxygens (including phenoxy) is 2. The van der Waals surface area contributed by atoms with Crippen molar-refractivity contribution in [3.8, 4) is 0 Å². The third-order valence-electron chi connectivity index (χ3n) is 4.04. The zero-order valence-corrected chi connectivity index (χ0v) is 16.3. The Morgan fingerprint density at radius 1 is 1.24 bits per heavy atom. The Hall–Kier alpha value is -3.01. The number of methoxy groups -OCH3 is 1. The summed E-state index contributed by atoms with van der Waals surface area (Å²) in [7, 11) is 1.58. The lowest BCUT2D eigenvalue weighted by molar-refractivity contribution is -0.116. The van der Waals surface area contributed by atoms with Gasteiger partial charge in [0.05, 0.1) is 35.9 Å². The van der Waals surface area contributed by atoms with Crippen molar-refractivity contribution in [3.63, 3.8) is 0 Å². The number of benzene rings is 1. The van der Waals surface area contributed by atoms with Crippen LogP contribution in [0, 0.1) is 0 Å². The molecule has 3 rings (SSSR count). The van der Waals surface area contributed by atoms with Crippen LogP contribution in [0.25, 0.3) is 11.0 Å². The third-order valence-corrected chi connectivity index (χ3v) is 4.26. The molecule has 0 saturated carbocycles. The molecule has 0 radical (unpaired) electrons. The summed E-state index contributed by atoms with van der Waals surface area (Å²) in [5.74, 6) is -1.59. The van der Waals surface area contributed by atoms with Crippen LogP contribution < -0.4 is 5.32 Å². The first-order valence-electron chi connectivity index (χ1n) is 8.69. The van der Waals surface area contributed by atoms with Crippen molar-refractivity contribution in [2.45, 2.75) is 13.2 Å². The summed E-state index contributed by atoms with van der Waals surface area (Å²) >= 11 is 5.78. The maximum absolute atomic E-state index is 12.4. The number of pyridine rings is 1. The maximum Gasteiger partial charge on any atom is 0.372 e. The van der Waals surface area contributed by atoms with Crippen molar-refractivity contribution < 1.29 is 24.2 Å². The van der Waals surface area contributed by atoms with Crippen molar-refractivity contribution in [1.29, 1.82) is 0 Å². The van der Waals surface area contributed by atoms with Gasteiger partial charge in [-0.15, -0.1) is 0 Å². The van der Waals surface area contributed by atoms with Gasteiger partial charge in [0.2, 0.25) is 11.7 Å². The van der Waals surface area contributed by atoms with Crippen LogP contribution in [0.5, 0.6) is 0 Å². The topological polar surface area (TPSA) is 116 Å². The van der Waals surface area contributed by atoms with Crippen molar-refractivity contribution >= 4 is 40.3 Å². The third kappa shape index (κ3) is 5.08. The van der Waals surface area contributed by atoms with Gasteiger partial charge in [0.25, 0.3) is 0 Å². The molecule has 10 heteroatoms. The number of fused-ring (bicyclic) bond motifs is 1. The van der Waals surface area contributed by atoms with E-state index in [0.29, 0.717) is 35.1 Å². The molecule has 152 valence electrons. The molecule has 0 aliphatic rings. The summed E-state index contributed by atoms with van der Waals surface area (Å²) in [6.45, 7) is 0.855. The number of nitrogens with one attached hydrogen (secondary N) is 1. The molecule has 0 bridgehead atoms. The Balaban J connectivity index is 1.85. The minimum atomic E-state index is -1.23. The Bertz CT molecular complexity index is 1020. The van der Waals surface area contributed by atoms with Gasteiger partial charge in [-0.1, -0.05) is 23.7 Å². The lowest BCUT2D eigenvalue weighted by Crippen LogP contribution is -2.22. The van der Waals surface area contributed by atoms with Gasteiger partial charge in [-0.3, -0.25) is 4.79 Å². The molecule has 0 saturated heterocycles. The molecule has 0 atom stereocenters. The fourth-order valence-electron chi connectivity index (χ4n) is 2.74. The van der Waals surface area contributed by atoms with Gasteiger partial charge in [-0.05, 0) is 18.2 Å². The molecule has 29 heavy (non-hydrogen) atoms. The van der Waals surface area contributed by atoms with E-state index in [1.54, 1.807) is 37.4 Å². The zero-order valence-electron chi connectivity index (χ0n) is 15.6. The predicted molar refractivity (Wildman–Crippen MR) is 106 cm³/mol. The van der Waals surface area contributed by atoms with E-state index in [4.69, 9.17) is 21.1 Å². The fraction of sp³-hybridized carbons (Fsp3) is 0.263. The molecular weight excluding hydrogens is 400 g/mol. The molecule has 0 aliphatic heterocycles. The van der Waals surface area contributed by atoms with Crippen LogP contribution in [0.2, 0.25) is 5.02 Å². The number of nitrogens with zero attached hydrogens (tertiary/aromatic N) is 3. The average Bonchev–Trinajstić information content (AvgIpc) is 3.06. The van der Waals surface area contributed by atoms with Crippen molar-refractivity contribution in [1.82, 2.24) is 14.5 Å². The second-order valence-corrected chi connectivity index (χ2v) is 6.50. The SMILES string of the molecule is COCCOCc1cccc2c1nc(C(=O)O)n2CC(=O)Nc1ccc(Cl)cn1. The summed E-state index contributed by atoms with van der Waals surface area (Å²) in [6, 6.07) is 8.42. The van der Waals surface area contributed by atoms with Gasteiger partial charge in [0.1, 0.15) is 12.4 Å². The minimum absolute atomic E-state index is 0.233. The molecule has 0 spiro atoms. The van der Waals surface area contributed by atoms with E-state index in [-0.39, 0.29) is 19.0 Å². The Morgan fingerprint density at radius 3 is 2.76 bits per heavy atom. The molecule has 0 aliphatic carbocycles. The van der Waals surface area contributed by atoms with Gasteiger partial charge in [-0.25, -0.2) is 14.8 Å². The first-order valence-corrected chi connectivity index (χ1v) is 9.07. The van der Waals surface area contributed by atoms with Gasteiger partial charge in [-0.2, -0.15) is 0 Å². The van der Waals surface area contributed by atoms with E-state index in [1.807, 2.05) is 0 Å². The monoisotopic (exact) mass is 418 g/mol. The Kier molecular flexibility index (Phi) is 6.76. The van der Waals surface area contributed by atoms with Crippen LogP contribution in [-0.2, 0) is 27.4 Å². The number of imidazole rings is 1. The van der Waals surface area contributed by atoms with E-state index in [2.05, 4.69) is 15.3 Å². The van der Waals surface area contributed by atoms with E-state index in [1.165, 1.54) is 10.8 Å². The molecule has 1 aromatic carbocycles. The normalized spacial score (nSPS) is 11.0. The first-order chi connectivity index (χ1) is 14.0. The Morgan fingerprint density at radius 2 is 2.07 bits per heavy atom. The van der Waals surface area contributed by atoms with E-state index >= 15 is 0 Å². The molecule has 0 fully saturated rings. The molecule has 2 N–H and O–H groups in total. The van der Waals surface area contributed by atoms with Crippen LogP contribution >= 0.6 is 11.6 Å². The number of aromatic nitrogens is 3. The van der Waals surface area contributed by atoms with Gasteiger partial charge >= 0.3 is 5.97 Å². The lowest BCUT2D eigenvalue weighted by Gasteiger charge is -2.08. The smallest absolute Gasteiger partial charge is 0.372 e. The lowest BCUT2D eigenvalue weighted by atomic mass is 10.2. The number of anilines is 1. The second kappa shape index (κ2) is 9.46. The second-order valence-electron chi connectivity index (χ2n) is 6.07. The fourth-order valence-corrected chi connectivity index (χ4v) is 2.86. The van der Waals surface area contributed by atoms with Crippen LogP contribution in [0.3, 0.4) is 0 Å². The summed E-state index contributed by atoms with van der Waals surface area (Å²) in [4.78, 5) is 32.4. The highest BCUT2D eigenvalue weighted by Gasteiger charge is 2.20. The number of halogens is 1. The van der Waals surface area contributed by atoms with Crippen LogP contribution in [0.4, 0.5) is 5.82 Å². The molecule has 2 heterocycles. The standard InChI is InChI=1S/C19H19ClN4O5/c1-28-7-8-29-11-12-3-2-4-14-17(12)23-18(19(26)27)24(14)10-16(25)22-15-6-5-13(20)9-21-15/h2-6,9H,7-8,10-11H2,1H3,(H,26,27)(H,21,22,25). The highest BCUT2D eigenvalue weighted by molar-refractivity contribution is 6.30. The van der Waals surface area contributed by atoms with Crippen molar-refractivity contribution in [2.24, 2.45) is 0 Å². The number of carbonyl (C=O) groups excluding carboxylic acids is 1. The quantitative estimate of drug-likeness (QED) is 0.513. The number of carboxylic acids is 1. The van der Waals surface area contributed by atoms with Crippen LogP contribution in [0.1, 0.15) is 16.2 Å².